The van der Waals surface area contributed by atoms with E-state index < -0.39 is 0 Å². The second kappa shape index (κ2) is 5.51. The molecular formula is C15H14N4O2S. The summed E-state index contributed by atoms with van der Waals surface area (Å²) in [4.78, 5) is 26.2. The van der Waals surface area contributed by atoms with Crippen LogP contribution in [0.4, 0.5) is 0 Å². The first-order chi connectivity index (χ1) is 10.8. The number of nitrogens with zero attached hydrogens (tertiary/aromatic N) is 3. The van der Waals surface area contributed by atoms with Gasteiger partial charge in [0.1, 0.15) is 0 Å². The lowest BCUT2D eigenvalue weighted by Crippen LogP contribution is -2.35. The summed E-state index contributed by atoms with van der Waals surface area (Å²) in [6.07, 6.45) is 2.33. The van der Waals surface area contributed by atoms with Crippen LogP contribution in [0.25, 0.3) is 11.6 Å². The number of H-pyrrole nitrogens is 1. The van der Waals surface area contributed by atoms with Crippen molar-refractivity contribution in [3.05, 3.63) is 56.6 Å². The van der Waals surface area contributed by atoms with E-state index in [0.717, 1.165) is 36.5 Å². The first-order valence-electron chi connectivity index (χ1n) is 7.05. The number of aromatic amines is 1. The molecule has 0 bridgehead atoms. The molecule has 1 N–H and O–H groups in total. The zero-order valence-corrected chi connectivity index (χ0v) is 12.6. The maximum absolute atomic E-state index is 12.4. The highest BCUT2D eigenvalue weighted by atomic mass is 32.1. The van der Waals surface area contributed by atoms with Crippen LogP contribution in [0.2, 0.25) is 0 Å². The Morgan fingerprint density at radius 2 is 2.41 bits per heavy atom. The lowest BCUT2D eigenvalue weighted by Gasteiger charge is -2.26. The van der Waals surface area contributed by atoms with Crippen molar-refractivity contribution in [3.8, 4) is 11.6 Å². The fourth-order valence-electron chi connectivity index (χ4n) is 2.69. The van der Waals surface area contributed by atoms with Crippen molar-refractivity contribution < 1.29 is 4.42 Å². The molecular weight excluding hydrogens is 300 g/mol. The van der Waals surface area contributed by atoms with E-state index in [9.17, 15) is 4.79 Å². The smallest absolute Gasteiger partial charge is 0.256 e. The van der Waals surface area contributed by atoms with E-state index in [1.54, 1.807) is 29.7 Å². The molecule has 4 rings (SSSR count). The third kappa shape index (κ3) is 2.49. The van der Waals surface area contributed by atoms with Crippen LogP contribution < -0.4 is 5.56 Å². The molecule has 0 radical (unpaired) electrons. The zero-order chi connectivity index (χ0) is 14.9. The molecule has 112 valence electrons. The standard InChI is InChI=1S/C15H14N4O2S/c20-15-11-7-19(6-10-8-22-9-16-10)4-3-12(11)17-14(18-15)13-2-1-5-21-13/h1-2,5,8-9H,3-4,6-7H2,(H,17,18,20). The van der Waals surface area contributed by atoms with Gasteiger partial charge < -0.3 is 9.40 Å². The van der Waals surface area contributed by atoms with Crippen molar-refractivity contribution >= 4 is 11.3 Å². The minimum Gasteiger partial charge on any atom is -0.461 e. The van der Waals surface area contributed by atoms with Crippen LogP contribution in [0, 0.1) is 0 Å². The number of rotatable bonds is 3. The Bertz CT molecular complexity index is 824. The number of nitrogens with one attached hydrogen (secondary N) is 1. The summed E-state index contributed by atoms with van der Waals surface area (Å²) in [5.41, 5.74) is 4.41. The molecule has 6 nitrogen and oxygen atoms in total. The van der Waals surface area contributed by atoms with Gasteiger partial charge in [0.2, 0.25) is 0 Å². The molecule has 0 fully saturated rings. The van der Waals surface area contributed by atoms with Gasteiger partial charge in [-0.1, -0.05) is 0 Å². The number of furan rings is 1. The number of thiazole rings is 1. The van der Waals surface area contributed by atoms with Crippen LogP contribution in [0.15, 0.2) is 38.5 Å². The van der Waals surface area contributed by atoms with Crippen molar-refractivity contribution in [3.63, 3.8) is 0 Å². The molecule has 0 spiro atoms. The molecule has 0 aliphatic carbocycles. The minimum atomic E-state index is -0.0839. The summed E-state index contributed by atoms with van der Waals surface area (Å²) in [6.45, 7) is 2.24. The fraction of sp³-hybridized carbons (Fsp3) is 0.267. The summed E-state index contributed by atoms with van der Waals surface area (Å²) in [5, 5.41) is 2.04. The highest BCUT2D eigenvalue weighted by Gasteiger charge is 2.22. The van der Waals surface area contributed by atoms with Gasteiger partial charge in [-0.15, -0.1) is 11.3 Å². The Labute approximate surface area is 130 Å². The fourth-order valence-corrected chi connectivity index (χ4v) is 3.24. The van der Waals surface area contributed by atoms with Gasteiger partial charge in [0.05, 0.1) is 28.7 Å². The van der Waals surface area contributed by atoms with E-state index >= 15 is 0 Å². The summed E-state index contributed by atoms with van der Waals surface area (Å²) in [6, 6.07) is 3.58. The predicted molar refractivity (Wildman–Crippen MR) is 82.5 cm³/mol. The number of aromatic nitrogens is 3. The van der Waals surface area contributed by atoms with Crippen molar-refractivity contribution in [2.45, 2.75) is 19.5 Å². The van der Waals surface area contributed by atoms with Gasteiger partial charge in [-0.3, -0.25) is 9.69 Å². The molecule has 22 heavy (non-hydrogen) atoms. The maximum Gasteiger partial charge on any atom is 0.256 e. The molecule has 0 saturated carbocycles. The topological polar surface area (TPSA) is 75.0 Å². The Balaban J connectivity index is 1.61. The van der Waals surface area contributed by atoms with E-state index in [-0.39, 0.29) is 5.56 Å². The minimum absolute atomic E-state index is 0.0839. The summed E-state index contributed by atoms with van der Waals surface area (Å²) >= 11 is 1.59. The molecule has 1 aliphatic rings. The van der Waals surface area contributed by atoms with Crippen molar-refractivity contribution in [2.24, 2.45) is 0 Å². The average Bonchev–Trinajstić information content (AvgIpc) is 3.20. The van der Waals surface area contributed by atoms with Crippen LogP contribution in [0.3, 0.4) is 0 Å². The highest BCUT2D eigenvalue weighted by Crippen LogP contribution is 2.20. The van der Waals surface area contributed by atoms with Crippen molar-refractivity contribution in [1.29, 1.82) is 0 Å². The van der Waals surface area contributed by atoms with Crippen LogP contribution >= 0.6 is 11.3 Å². The molecule has 0 atom stereocenters. The maximum atomic E-state index is 12.4. The van der Waals surface area contributed by atoms with Gasteiger partial charge in [0, 0.05) is 31.4 Å². The SMILES string of the molecule is O=c1[nH]c(-c2ccco2)nc2c1CN(Cc1cscn1)CC2. The quantitative estimate of drug-likeness (QED) is 0.801. The first kappa shape index (κ1) is 13.4. The summed E-state index contributed by atoms with van der Waals surface area (Å²) in [5.74, 6) is 1.09. The second-order valence-corrected chi connectivity index (χ2v) is 5.98. The van der Waals surface area contributed by atoms with Gasteiger partial charge in [0.25, 0.3) is 5.56 Å². The average molecular weight is 314 g/mol. The van der Waals surface area contributed by atoms with Crippen LogP contribution in [-0.4, -0.2) is 26.4 Å². The van der Waals surface area contributed by atoms with Gasteiger partial charge >= 0.3 is 0 Å². The summed E-state index contributed by atoms with van der Waals surface area (Å²) in [7, 11) is 0. The van der Waals surface area contributed by atoms with E-state index in [0.29, 0.717) is 18.1 Å². The van der Waals surface area contributed by atoms with Crippen LogP contribution in [-0.2, 0) is 19.5 Å². The predicted octanol–water partition coefficient (Wildman–Crippen LogP) is 2.04. The van der Waals surface area contributed by atoms with Gasteiger partial charge in [-0.2, -0.15) is 0 Å². The zero-order valence-electron chi connectivity index (χ0n) is 11.8. The highest BCUT2D eigenvalue weighted by molar-refractivity contribution is 7.07. The number of fused-ring (bicyclic) bond motifs is 1. The van der Waals surface area contributed by atoms with Crippen molar-refractivity contribution in [1.82, 2.24) is 19.9 Å². The van der Waals surface area contributed by atoms with Gasteiger partial charge in [0.15, 0.2) is 11.6 Å². The van der Waals surface area contributed by atoms with Gasteiger partial charge in [-0.25, -0.2) is 9.97 Å². The molecule has 1 aliphatic heterocycles. The normalized spacial score (nSPS) is 14.9. The molecule has 0 unspecified atom stereocenters. The molecule has 3 aromatic rings. The largest absolute Gasteiger partial charge is 0.461 e. The molecule has 0 saturated heterocycles. The molecule has 3 aromatic heterocycles. The van der Waals surface area contributed by atoms with E-state index in [4.69, 9.17) is 4.42 Å². The van der Waals surface area contributed by atoms with E-state index in [1.807, 2.05) is 10.9 Å². The third-order valence-electron chi connectivity index (χ3n) is 3.77. The lowest BCUT2D eigenvalue weighted by atomic mass is 10.1. The molecule has 0 amide bonds. The van der Waals surface area contributed by atoms with E-state index in [2.05, 4.69) is 19.9 Å². The van der Waals surface area contributed by atoms with Crippen LogP contribution in [0.5, 0.6) is 0 Å². The Morgan fingerprint density at radius 3 is 3.18 bits per heavy atom. The number of hydrogen-bond acceptors (Lipinski definition) is 6. The molecule has 0 aromatic carbocycles. The Morgan fingerprint density at radius 1 is 1.45 bits per heavy atom. The van der Waals surface area contributed by atoms with E-state index in [1.165, 1.54) is 0 Å². The third-order valence-corrected chi connectivity index (χ3v) is 4.41. The monoisotopic (exact) mass is 314 g/mol. The van der Waals surface area contributed by atoms with Gasteiger partial charge in [-0.05, 0) is 12.1 Å². The van der Waals surface area contributed by atoms with Crippen molar-refractivity contribution in [2.75, 3.05) is 6.54 Å². The molecule has 4 heterocycles. The Kier molecular flexibility index (Phi) is 3.36. The summed E-state index contributed by atoms with van der Waals surface area (Å²) < 4.78 is 5.31. The van der Waals surface area contributed by atoms with Crippen LogP contribution in [0.1, 0.15) is 17.0 Å². The molecule has 7 heteroatoms. The number of hydrogen-bond donors (Lipinski definition) is 1. The second-order valence-electron chi connectivity index (χ2n) is 5.26. The lowest BCUT2D eigenvalue weighted by molar-refractivity contribution is 0.239. The Hall–Kier alpha value is -2.25. The first-order valence-corrected chi connectivity index (χ1v) is 7.99.